The Morgan fingerprint density at radius 3 is 2.52 bits per heavy atom. The molecule has 0 spiro atoms. The molecule has 25 heavy (non-hydrogen) atoms. The summed E-state index contributed by atoms with van der Waals surface area (Å²) in [7, 11) is 0. The maximum Gasteiger partial charge on any atom is 0.210 e. The third-order valence-electron chi connectivity index (χ3n) is 3.54. The molecule has 3 rings (SSSR count). The number of aromatic nitrogens is 2. The molecule has 0 amide bonds. The number of aryl methyl sites for hydroxylation is 1. The van der Waals surface area contributed by atoms with E-state index in [1.807, 2.05) is 12.1 Å². The molecule has 0 atom stereocenters. The Balaban J connectivity index is 1.56. The molecule has 5 nitrogen and oxygen atoms in total. The number of Topliss-reactive ketones (excluding diaryl/α,β-unsaturated/α-hetero) is 1. The largest absolute Gasteiger partial charge is 0.508 e. The molecular formula is C18H17N3O2S2. The van der Waals surface area contributed by atoms with Gasteiger partial charge in [0.15, 0.2) is 10.1 Å². The van der Waals surface area contributed by atoms with E-state index in [4.69, 9.17) is 0 Å². The van der Waals surface area contributed by atoms with Crippen LogP contribution in [0.25, 0.3) is 0 Å². The minimum atomic E-state index is -0.00939. The van der Waals surface area contributed by atoms with E-state index in [2.05, 4.69) is 34.6 Å². The van der Waals surface area contributed by atoms with Crippen molar-refractivity contribution in [2.24, 2.45) is 0 Å². The fourth-order valence-electron chi connectivity index (χ4n) is 2.12. The van der Waals surface area contributed by atoms with Gasteiger partial charge in [0.1, 0.15) is 5.75 Å². The molecule has 2 aromatic carbocycles. The van der Waals surface area contributed by atoms with Crippen molar-refractivity contribution in [2.75, 3.05) is 11.1 Å². The van der Waals surface area contributed by atoms with Crippen molar-refractivity contribution in [1.29, 1.82) is 0 Å². The number of thioether (sulfide) groups is 1. The Morgan fingerprint density at radius 1 is 1.12 bits per heavy atom. The van der Waals surface area contributed by atoms with Crippen molar-refractivity contribution in [1.82, 2.24) is 10.2 Å². The van der Waals surface area contributed by atoms with Crippen LogP contribution in [-0.4, -0.2) is 26.8 Å². The SMILES string of the molecule is CCc1ccc(Nc2nnc(SCC(=O)c3ccc(O)cc3)s2)cc1. The maximum absolute atomic E-state index is 12.1. The van der Waals surface area contributed by atoms with Gasteiger partial charge in [-0.05, 0) is 48.4 Å². The minimum Gasteiger partial charge on any atom is -0.508 e. The van der Waals surface area contributed by atoms with Gasteiger partial charge in [-0.3, -0.25) is 4.79 Å². The molecule has 0 bridgehead atoms. The van der Waals surface area contributed by atoms with Gasteiger partial charge in [0, 0.05) is 11.3 Å². The van der Waals surface area contributed by atoms with Crippen LogP contribution in [0.2, 0.25) is 0 Å². The second-order valence-electron chi connectivity index (χ2n) is 5.31. The van der Waals surface area contributed by atoms with E-state index in [9.17, 15) is 9.90 Å². The highest BCUT2D eigenvalue weighted by atomic mass is 32.2. The van der Waals surface area contributed by atoms with Gasteiger partial charge in [0.05, 0.1) is 5.75 Å². The molecular weight excluding hydrogens is 354 g/mol. The molecule has 0 saturated carbocycles. The lowest BCUT2D eigenvalue weighted by Crippen LogP contribution is -2.01. The molecule has 0 aliphatic heterocycles. The lowest BCUT2D eigenvalue weighted by molar-refractivity contribution is 0.102. The molecule has 0 aliphatic rings. The Bertz CT molecular complexity index is 846. The zero-order valence-corrected chi connectivity index (χ0v) is 15.2. The summed E-state index contributed by atoms with van der Waals surface area (Å²) in [5.74, 6) is 0.422. The predicted octanol–water partition coefficient (Wildman–Crippen LogP) is 4.52. The van der Waals surface area contributed by atoms with Crippen LogP contribution in [0.5, 0.6) is 5.75 Å². The average Bonchev–Trinajstić information content (AvgIpc) is 3.08. The maximum atomic E-state index is 12.1. The van der Waals surface area contributed by atoms with Crippen LogP contribution in [0.3, 0.4) is 0 Å². The van der Waals surface area contributed by atoms with Crippen molar-refractivity contribution in [3.63, 3.8) is 0 Å². The van der Waals surface area contributed by atoms with Gasteiger partial charge in [0.25, 0.3) is 0 Å². The minimum absolute atomic E-state index is 0.00939. The standard InChI is InChI=1S/C18H17N3O2S2/c1-2-12-3-7-14(8-4-12)19-17-20-21-18(25-17)24-11-16(23)13-5-9-15(22)10-6-13/h3-10,22H,2,11H2,1H3,(H,19,20). The summed E-state index contributed by atoms with van der Waals surface area (Å²) in [4.78, 5) is 12.1. The van der Waals surface area contributed by atoms with E-state index in [0.29, 0.717) is 10.7 Å². The average molecular weight is 371 g/mol. The highest BCUT2D eigenvalue weighted by Crippen LogP contribution is 2.28. The zero-order valence-electron chi connectivity index (χ0n) is 13.6. The summed E-state index contributed by atoms with van der Waals surface area (Å²) >= 11 is 2.77. The number of phenolic OH excluding ortho intramolecular Hbond substituents is 1. The highest BCUT2D eigenvalue weighted by Gasteiger charge is 2.10. The number of ketones is 1. The van der Waals surface area contributed by atoms with Crippen LogP contribution in [0.4, 0.5) is 10.8 Å². The number of phenols is 1. The summed E-state index contributed by atoms with van der Waals surface area (Å²) in [5.41, 5.74) is 2.82. The van der Waals surface area contributed by atoms with Gasteiger partial charge in [-0.15, -0.1) is 10.2 Å². The van der Waals surface area contributed by atoms with E-state index in [-0.39, 0.29) is 17.3 Å². The summed E-state index contributed by atoms with van der Waals surface area (Å²) in [6.45, 7) is 2.12. The summed E-state index contributed by atoms with van der Waals surface area (Å²) in [5, 5.41) is 21.4. The number of aromatic hydroxyl groups is 1. The molecule has 0 unspecified atom stereocenters. The smallest absolute Gasteiger partial charge is 0.210 e. The van der Waals surface area contributed by atoms with Gasteiger partial charge >= 0.3 is 0 Å². The number of anilines is 2. The van der Waals surface area contributed by atoms with Crippen LogP contribution < -0.4 is 5.32 Å². The zero-order chi connectivity index (χ0) is 17.6. The van der Waals surface area contributed by atoms with Gasteiger partial charge in [-0.1, -0.05) is 42.2 Å². The topological polar surface area (TPSA) is 75.1 Å². The molecule has 0 fully saturated rings. The van der Waals surface area contributed by atoms with Gasteiger partial charge in [-0.2, -0.15) is 0 Å². The fraction of sp³-hybridized carbons (Fsp3) is 0.167. The van der Waals surface area contributed by atoms with E-state index >= 15 is 0 Å². The van der Waals surface area contributed by atoms with Crippen molar-refractivity contribution in [3.8, 4) is 5.75 Å². The number of hydrogen-bond donors (Lipinski definition) is 2. The van der Waals surface area contributed by atoms with Crippen LogP contribution >= 0.6 is 23.1 Å². The number of hydrogen-bond acceptors (Lipinski definition) is 7. The third-order valence-corrected chi connectivity index (χ3v) is 5.51. The van der Waals surface area contributed by atoms with Crippen molar-refractivity contribution >= 4 is 39.7 Å². The molecule has 1 heterocycles. The number of benzene rings is 2. The number of carbonyl (C=O) groups excluding carboxylic acids is 1. The highest BCUT2D eigenvalue weighted by molar-refractivity contribution is 8.01. The Labute approximate surface area is 154 Å². The van der Waals surface area contributed by atoms with Crippen LogP contribution in [0, 0.1) is 0 Å². The molecule has 7 heteroatoms. The number of rotatable bonds is 7. The van der Waals surface area contributed by atoms with Crippen molar-refractivity contribution in [3.05, 3.63) is 59.7 Å². The first-order chi connectivity index (χ1) is 12.1. The number of nitrogens with zero attached hydrogens (tertiary/aromatic N) is 2. The Morgan fingerprint density at radius 2 is 1.84 bits per heavy atom. The second kappa shape index (κ2) is 8.13. The quantitative estimate of drug-likeness (QED) is 0.470. The van der Waals surface area contributed by atoms with Crippen molar-refractivity contribution < 1.29 is 9.90 Å². The molecule has 0 saturated heterocycles. The lowest BCUT2D eigenvalue weighted by atomic mass is 10.1. The number of carbonyl (C=O) groups is 1. The summed E-state index contributed by atoms with van der Waals surface area (Å²) in [6.07, 6.45) is 1.01. The normalized spacial score (nSPS) is 10.6. The van der Waals surface area contributed by atoms with Gasteiger partial charge < -0.3 is 10.4 Å². The second-order valence-corrected chi connectivity index (χ2v) is 7.51. The van der Waals surface area contributed by atoms with E-state index in [1.54, 1.807) is 12.1 Å². The van der Waals surface area contributed by atoms with Crippen LogP contribution in [0.1, 0.15) is 22.8 Å². The van der Waals surface area contributed by atoms with Crippen LogP contribution in [0.15, 0.2) is 52.9 Å². The molecule has 0 radical (unpaired) electrons. The van der Waals surface area contributed by atoms with E-state index in [0.717, 1.165) is 16.4 Å². The van der Waals surface area contributed by atoms with Crippen LogP contribution in [-0.2, 0) is 6.42 Å². The monoisotopic (exact) mass is 371 g/mol. The van der Waals surface area contributed by atoms with Crippen molar-refractivity contribution in [2.45, 2.75) is 17.7 Å². The molecule has 0 aliphatic carbocycles. The summed E-state index contributed by atoms with van der Waals surface area (Å²) in [6, 6.07) is 14.4. The Kier molecular flexibility index (Phi) is 5.67. The van der Waals surface area contributed by atoms with E-state index in [1.165, 1.54) is 40.8 Å². The summed E-state index contributed by atoms with van der Waals surface area (Å²) < 4.78 is 0.736. The molecule has 2 N–H and O–H groups in total. The Hall–Kier alpha value is -2.38. The first kappa shape index (κ1) is 17.4. The lowest BCUT2D eigenvalue weighted by Gasteiger charge is -2.02. The number of nitrogens with one attached hydrogen (secondary N) is 1. The molecule has 3 aromatic rings. The van der Waals surface area contributed by atoms with E-state index < -0.39 is 0 Å². The predicted molar refractivity (Wildman–Crippen MR) is 102 cm³/mol. The van der Waals surface area contributed by atoms with Gasteiger partial charge in [0.2, 0.25) is 5.13 Å². The third kappa shape index (κ3) is 4.80. The fourth-order valence-corrected chi connectivity index (χ4v) is 3.79. The van der Waals surface area contributed by atoms with Gasteiger partial charge in [-0.25, -0.2) is 0 Å². The molecule has 1 aromatic heterocycles. The molecule has 128 valence electrons. The first-order valence-corrected chi connectivity index (χ1v) is 9.59. The first-order valence-electron chi connectivity index (χ1n) is 7.78.